The number of nitrogens with one attached hydrogen (secondary N) is 2. The van der Waals surface area contributed by atoms with Crippen LogP contribution in [0.1, 0.15) is 0 Å². The molecule has 0 aromatic rings. The summed E-state index contributed by atoms with van der Waals surface area (Å²) in [5, 5.41) is 0. The molecular formula is C4H2Cr2F12N2O8S4+6. The number of sulfonamides is 4. The monoisotopic (exact) mass is 666 g/mol. The van der Waals surface area contributed by atoms with Gasteiger partial charge in [0.2, 0.25) is 0 Å². The van der Waals surface area contributed by atoms with Crippen molar-refractivity contribution in [3.05, 3.63) is 0 Å². The minimum absolute atomic E-state index is 0. The Bertz CT molecular complexity index is 866. The molecule has 0 heterocycles. The number of hydrogen-bond donors (Lipinski definition) is 2. The molecular weight excluding hydrogens is 664 g/mol. The van der Waals surface area contributed by atoms with Gasteiger partial charge in [-0.1, -0.05) is 8.25 Å². The fourth-order valence-electron chi connectivity index (χ4n) is 0.478. The molecule has 0 bridgehead atoms. The van der Waals surface area contributed by atoms with Gasteiger partial charge in [-0.3, -0.25) is 0 Å². The van der Waals surface area contributed by atoms with E-state index in [1.54, 1.807) is 0 Å². The van der Waals surface area contributed by atoms with E-state index in [4.69, 9.17) is 0 Å². The SMILES string of the molecule is O=S(=O)(NS(=O)(=O)C(F)(F)F)C(F)(F)F.O=S(=O)(NS(=O)(=O)C(F)(F)F)C(F)(F)F.[Cr+3].[Cr+3]. The van der Waals surface area contributed by atoms with Crippen molar-refractivity contribution in [3.63, 3.8) is 0 Å². The van der Waals surface area contributed by atoms with E-state index in [1.165, 1.54) is 0 Å². The molecule has 0 rings (SSSR count). The third-order valence-electron chi connectivity index (χ3n) is 1.66. The van der Waals surface area contributed by atoms with E-state index in [1.807, 2.05) is 0 Å². The van der Waals surface area contributed by atoms with Crippen LogP contribution in [0.25, 0.3) is 0 Å². The average Bonchev–Trinajstić information content (AvgIpc) is 2.30. The fraction of sp³-hybridized carbons (Fsp3) is 1.00. The topological polar surface area (TPSA) is 161 Å². The Hall–Kier alpha value is -0.0551. The molecule has 0 aliphatic rings. The predicted molar refractivity (Wildman–Crippen MR) is 66.2 cm³/mol. The van der Waals surface area contributed by atoms with E-state index < -0.39 is 70.4 Å². The molecule has 0 fully saturated rings. The number of rotatable bonds is 4. The van der Waals surface area contributed by atoms with Crippen LogP contribution in [0.2, 0.25) is 0 Å². The molecule has 0 aromatic heterocycles. The van der Waals surface area contributed by atoms with E-state index in [0.29, 0.717) is 0 Å². The first-order valence-electron chi connectivity index (χ1n) is 5.23. The van der Waals surface area contributed by atoms with Crippen LogP contribution in [0.4, 0.5) is 52.7 Å². The third kappa shape index (κ3) is 10.9. The molecule has 0 saturated heterocycles. The van der Waals surface area contributed by atoms with Gasteiger partial charge in [0.15, 0.2) is 0 Å². The Morgan fingerprint density at radius 2 is 0.438 bits per heavy atom. The van der Waals surface area contributed by atoms with Gasteiger partial charge in [0.1, 0.15) is 0 Å². The summed E-state index contributed by atoms with van der Waals surface area (Å²) in [6, 6.07) is 0. The average molecular weight is 666 g/mol. The summed E-state index contributed by atoms with van der Waals surface area (Å²) in [7, 11) is -26.4. The van der Waals surface area contributed by atoms with Crippen molar-refractivity contribution in [1.82, 2.24) is 8.25 Å². The molecule has 0 atom stereocenters. The summed E-state index contributed by atoms with van der Waals surface area (Å²) in [6.07, 6.45) is 0. The van der Waals surface area contributed by atoms with Gasteiger partial charge in [0.25, 0.3) is 0 Å². The summed E-state index contributed by atoms with van der Waals surface area (Å²) in [4.78, 5) is 0. The summed E-state index contributed by atoms with van der Waals surface area (Å²) in [6.45, 7) is 0. The number of alkyl halides is 12. The van der Waals surface area contributed by atoms with Crippen molar-refractivity contribution in [2.75, 3.05) is 0 Å². The van der Waals surface area contributed by atoms with Gasteiger partial charge in [-0.2, -0.15) is 52.7 Å². The van der Waals surface area contributed by atoms with Crippen LogP contribution in [-0.4, -0.2) is 55.7 Å². The molecule has 0 aliphatic carbocycles. The van der Waals surface area contributed by atoms with Gasteiger partial charge in [0.05, 0.1) is 0 Å². The Kier molecular flexibility index (Phi) is 13.6. The molecule has 0 saturated carbocycles. The maximum atomic E-state index is 11.5. The Balaban J connectivity index is -0.000000231. The van der Waals surface area contributed by atoms with Crippen LogP contribution >= 0.6 is 0 Å². The Morgan fingerprint density at radius 3 is 0.500 bits per heavy atom. The third-order valence-corrected chi connectivity index (χ3v) is 7.61. The molecule has 32 heavy (non-hydrogen) atoms. The largest absolute Gasteiger partial charge is 3.00 e. The zero-order valence-electron chi connectivity index (χ0n) is 13.3. The second-order valence-corrected chi connectivity index (χ2v) is 11.2. The molecule has 0 spiro atoms. The van der Waals surface area contributed by atoms with E-state index in [0.717, 1.165) is 0 Å². The van der Waals surface area contributed by atoms with Crippen molar-refractivity contribution < 1.29 is 121 Å². The molecule has 0 aromatic carbocycles. The van der Waals surface area contributed by atoms with Crippen LogP contribution < -0.4 is 8.25 Å². The van der Waals surface area contributed by atoms with Gasteiger partial charge in [-0.05, 0) is 0 Å². The summed E-state index contributed by atoms with van der Waals surface area (Å²) >= 11 is 0. The molecule has 28 heteroatoms. The van der Waals surface area contributed by atoms with E-state index in [2.05, 4.69) is 0 Å². The standard InChI is InChI=1S/2C2HF6NO4S2.2Cr/c2*3-1(4,5)14(10,11)9-15(12,13)2(6,7)8;;/h2*9H;;/q;;2*+3. The zero-order valence-corrected chi connectivity index (χ0v) is 19.1. The minimum Gasteiger partial charge on any atom is -0.202 e. The van der Waals surface area contributed by atoms with Crippen LogP contribution in [0, 0.1) is 0 Å². The van der Waals surface area contributed by atoms with Gasteiger partial charge >= 0.3 is 96.8 Å². The maximum absolute atomic E-state index is 11.5. The van der Waals surface area contributed by atoms with Crippen molar-refractivity contribution in [1.29, 1.82) is 0 Å². The molecule has 2 N–H and O–H groups in total. The maximum Gasteiger partial charge on any atom is 3.00 e. The molecule has 190 valence electrons. The smallest absolute Gasteiger partial charge is 0.202 e. The minimum atomic E-state index is -6.60. The van der Waals surface area contributed by atoms with Gasteiger partial charge in [-0.15, -0.1) is 0 Å². The van der Waals surface area contributed by atoms with Crippen molar-refractivity contribution >= 4 is 40.1 Å². The Morgan fingerprint density at radius 1 is 0.344 bits per heavy atom. The number of halogens is 12. The van der Waals surface area contributed by atoms with Gasteiger partial charge < -0.3 is 0 Å². The van der Waals surface area contributed by atoms with Crippen molar-refractivity contribution in [2.45, 2.75) is 22.0 Å². The normalized spacial score (nSPS) is 14.4. The first-order valence-corrected chi connectivity index (χ1v) is 11.2. The first kappa shape index (κ1) is 39.2. The van der Waals surface area contributed by atoms with Crippen molar-refractivity contribution in [2.24, 2.45) is 0 Å². The van der Waals surface area contributed by atoms with Crippen molar-refractivity contribution in [3.8, 4) is 0 Å². The van der Waals surface area contributed by atoms with E-state index >= 15 is 0 Å². The summed E-state index contributed by atoms with van der Waals surface area (Å²) in [5.74, 6) is 0. The van der Waals surface area contributed by atoms with Crippen LogP contribution in [0.5, 0.6) is 0 Å². The molecule has 2 radical (unpaired) electrons. The van der Waals surface area contributed by atoms with Crippen LogP contribution in [-0.2, 0) is 74.8 Å². The zero-order chi connectivity index (χ0) is 25.4. The Labute approximate surface area is 191 Å². The quantitative estimate of drug-likeness (QED) is 0.412. The van der Waals surface area contributed by atoms with E-state index in [9.17, 15) is 86.4 Å². The number of hydrogen-bond acceptors (Lipinski definition) is 8. The molecule has 10 nitrogen and oxygen atoms in total. The first-order chi connectivity index (χ1) is 12.4. The summed E-state index contributed by atoms with van der Waals surface area (Å²) in [5.41, 5.74) is -24.6. The van der Waals surface area contributed by atoms with Crippen LogP contribution in [0.3, 0.4) is 0 Å². The van der Waals surface area contributed by atoms with Gasteiger partial charge in [0, 0.05) is 0 Å². The second kappa shape index (κ2) is 11.1. The second-order valence-electron chi connectivity index (χ2n) is 3.96. The van der Waals surface area contributed by atoms with E-state index in [-0.39, 0.29) is 34.7 Å². The summed E-state index contributed by atoms with van der Waals surface area (Å²) < 4.78 is 217. The predicted octanol–water partition coefficient (Wildman–Crippen LogP) is 0.545. The fourth-order valence-corrected chi connectivity index (χ4v) is 4.30. The molecule has 0 amide bonds. The van der Waals surface area contributed by atoms with Gasteiger partial charge in [-0.25, -0.2) is 33.7 Å². The molecule has 0 aliphatic heterocycles. The van der Waals surface area contributed by atoms with Crippen LogP contribution in [0.15, 0.2) is 0 Å². The molecule has 0 unspecified atom stereocenters.